The molecule has 1 unspecified atom stereocenters. The summed E-state index contributed by atoms with van der Waals surface area (Å²) in [7, 11) is 1.64. The molecule has 0 fully saturated rings. The van der Waals surface area contributed by atoms with Crippen molar-refractivity contribution in [2.45, 2.75) is 4.83 Å². The first-order valence-electron chi connectivity index (χ1n) is 5.35. The minimum absolute atomic E-state index is 0.0365. The molecule has 0 aromatic heterocycles. The number of benzene rings is 2. The van der Waals surface area contributed by atoms with Gasteiger partial charge in [0.25, 0.3) is 0 Å². The van der Waals surface area contributed by atoms with Crippen molar-refractivity contribution < 1.29 is 9.13 Å². The molecule has 0 bridgehead atoms. The molecule has 4 heteroatoms. The third kappa shape index (κ3) is 2.75. The van der Waals surface area contributed by atoms with E-state index in [0.29, 0.717) is 4.47 Å². The molecule has 0 aliphatic heterocycles. The number of ether oxygens (including phenoxy) is 1. The monoisotopic (exact) mass is 372 g/mol. The lowest BCUT2D eigenvalue weighted by Crippen LogP contribution is -1.97. The van der Waals surface area contributed by atoms with Crippen molar-refractivity contribution in [3.8, 4) is 5.75 Å². The Labute approximate surface area is 122 Å². The van der Waals surface area contributed by atoms with Gasteiger partial charge in [0.2, 0.25) is 0 Å². The Morgan fingerprint density at radius 1 is 1.17 bits per heavy atom. The number of para-hydroxylation sites is 1. The molecule has 0 aliphatic carbocycles. The minimum atomic E-state index is -0.265. The second-order valence-corrected chi connectivity index (χ2v) is 5.55. The number of methoxy groups -OCH3 is 1. The van der Waals surface area contributed by atoms with Gasteiger partial charge in [-0.25, -0.2) is 4.39 Å². The fraction of sp³-hybridized carbons (Fsp3) is 0.143. The Balaban J connectivity index is 2.41. The molecule has 94 valence electrons. The summed E-state index contributed by atoms with van der Waals surface area (Å²) < 4.78 is 19.0. The van der Waals surface area contributed by atoms with E-state index in [9.17, 15) is 4.39 Å². The summed E-state index contributed by atoms with van der Waals surface area (Å²) in [5.41, 5.74) is 1.98. The Morgan fingerprint density at radius 2 is 1.89 bits per heavy atom. The minimum Gasteiger partial charge on any atom is -0.496 e. The maximum atomic E-state index is 13.2. The lowest BCUT2D eigenvalue weighted by atomic mass is 10.0. The normalized spacial score (nSPS) is 12.2. The standard InChI is InChI=1S/C14H11Br2FO/c1-18-13-5-3-2-4-10(13)14(16)9-6-7-12(17)11(15)8-9/h2-8,14H,1H3. The van der Waals surface area contributed by atoms with Crippen LogP contribution < -0.4 is 4.74 Å². The molecule has 0 saturated heterocycles. The van der Waals surface area contributed by atoms with Crippen molar-refractivity contribution in [2.75, 3.05) is 7.11 Å². The zero-order valence-electron chi connectivity index (χ0n) is 9.66. The Hall–Kier alpha value is -0.870. The van der Waals surface area contributed by atoms with Crippen LogP contribution in [-0.2, 0) is 0 Å². The molecule has 0 radical (unpaired) electrons. The summed E-state index contributed by atoms with van der Waals surface area (Å²) in [4.78, 5) is -0.0365. The third-order valence-electron chi connectivity index (χ3n) is 2.65. The van der Waals surface area contributed by atoms with Gasteiger partial charge in [0.1, 0.15) is 11.6 Å². The van der Waals surface area contributed by atoms with E-state index < -0.39 is 0 Å². The van der Waals surface area contributed by atoms with Gasteiger partial charge >= 0.3 is 0 Å². The van der Waals surface area contributed by atoms with Gasteiger partial charge < -0.3 is 4.74 Å². The Morgan fingerprint density at radius 3 is 2.56 bits per heavy atom. The van der Waals surface area contributed by atoms with Crippen LogP contribution in [-0.4, -0.2) is 7.11 Å². The summed E-state index contributed by atoms with van der Waals surface area (Å²) in [6.45, 7) is 0. The van der Waals surface area contributed by atoms with Crippen LogP contribution in [0.2, 0.25) is 0 Å². The first-order chi connectivity index (χ1) is 8.63. The van der Waals surface area contributed by atoms with E-state index >= 15 is 0 Å². The van der Waals surface area contributed by atoms with Crippen molar-refractivity contribution >= 4 is 31.9 Å². The van der Waals surface area contributed by atoms with Crippen molar-refractivity contribution in [3.63, 3.8) is 0 Å². The van der Waals surface area contributed by atoms with Gasteiger partial charge in [-0.2, -0.15) is 0 Å². The fourth-order valence-electron chi connectivity index (χ4n) is 1.73. The summed E-state index contributed by atoms with van der Waals surface area (Å²) in [5, 5.41) is 0. The molecule has 2 rings (SSSR count). The number of halogens is 3. The highest BCUT2D eigenvalue weighted by atomic mass is 79.9. The second-order valence-electron chi connectivity index (χ2n) is 3.78. The first-order valence-corrected chi connectivity index (χ1v) is 7.06. The predicted octanol–water partition coefficient (Wildman–Crippen LogP) is 5.08. The van der Waals surface area contributed by atoms with E-state index in [2.05, 4.69) is 31.9 Å². The lowest BCUT2D eigenvalue weighted by Gasteiger charge is -2.15. The molecule has 2 aromatic rings. The van der Waals surface area contributed by atoms with Crippen LogP contribution >= 0.6 is 31.9 Å². The van der Waals surface area contributed by atoms with Crippen molar-refractivity contribution in [1.82, 2.24) is 0 Å². The zero-order chi connectivity index (χ0) is 13.1. The maximum absolute atomic E-state index is 13.2. The Kier molecular flexibility index (Phi) is 4.40. The summed E-state index contributed by atoms with van der Waals surface area (Å²) in [6.07, 6.45) is 0. The highest BCUT2D eigenvalue weighted by molar-refractivity contribution is 9.10. The molecular formula is C14H11Br2FO. The van der Waals surface area contributed by atoms with Gasteiger partial charge in [0.05, 0.1) is 16.4 Å². The fourth-order valence-corrected chi connectivity index (χ4v) is 2.78. The molecular weight excluding hydrogens is 363 g/mol. The molecule has 0 amide bonds. The average molecular weight is 374 g/mol. The van der Waals surface area contributed by atoms with Gasteiger partial charge in [0.15, 0.2) is 0 Å². The van der Waals surface area contributed by atoms with Crippen LogP contribution in [0, 0.1) is 5.82 Å². The smallest absolute Gasteiger partial charge is 0.137 e. The molecule has 0 saturated carbocycles. The first kappa shape index (κ1) is 13.6. The third-order valence-corrected chi connectivity index (χ3v) is 4.28. The molecule has 0 aliphatic rings. The van der Waals surface area contributed by atoms with Crippen molar-refractivity contribution in [3.05, 3.63) is 63.9 Å². The summed E-state index contributed by atoms with van der Waals surface area (Å²) in [5.74, 6) is 0.540. The highest BCUT2D eigenvalue weighted by Crippen LogP contribution is 2.37. The van der Waals surface area contributed by atoms with Gasteiger partial charge in [-0.1, -0.05) is 40.2 Å². The highest BCUT2D eigenvalue weighted by Gasteiger charge is 2.15. The quantitative estimate of drug-likeness (QED) is 0.681. The number of hydrogen-bond acceptors (Lipinski definition) is 1. The molecule has 0 N–H and O–H groups in total. The second kappa shape index (κ2) is 5.85. The number of alkyl halides is 1. The Bertz CT molecular complexity index is 557. The van der Waals surface area contributed by atoms with Gasteiger partial charge in [0, 0.05) is 5.56 Å². The topological polar surface area (TPSA) is 9.23 Å². The van der Waals surface area contributed by atoms with Crippen LogP contribution in [0.4, 0.5) is 4.39 Å². The maximum Gasteiger partial charge on any atom is 0.137 e. The summed E-state index contributed by atoms with van der Waals surface area (Å²) >= 11 is 6.82. The summed E-state index contributed by atoms with van der Waals surface area (Å²) in [6, 6.07) is 12.7. The van der Waals surface area contributed by atoms with Gasteiger partial charge in [-0.15, -0.1) is 0 Å². The zero-order valence-corrected chi connectivity index (χ0v) is 12.8. The van der Waals surface area contributed by atoms with Crippen LogP contribution in [0.25, 0.3) is 0 Å². The van der Waals surface area contributed by atoms with Gasteiger partial charge in [-0.05, 0) is 39.7 Å². The average Bonchev–Trinajstić information content (AvgIpc) is 2.41. The molecule has 2 aromatic carbocycles. The predicted molar refractivity (Wildman–Crippen MR) is 77.9 cm³/mol. The van der Waals surface area contributed by atoms with E-state index in [1.54, 1.807) is 19.2 Å². The van der Waals surface area contributed by atoms with E-state index in [-0.39, 0.29) is 10.6 Å². The number of hydrogen-bond donors (Lipinski definition) is 0. The molecule has 1 nitrogen and oxygen atoms in total. The largest absolute Gasteiger partial charge is 0.496 e. The lowest BCUT2D eigenvalue weighted by molar-refractivity contribution is 0.410. The van der Waals surface area contributed by atoms with E-state index in [1.807, 2.05) is 24.3 Å². The van der Waals surface area contributed by atoms with Crippen LogP contribution in [0.15, 0.2) is 46.9 Å². The van der Waals surface area contributed by atoms with E-state index in [4.69, 9.17) is 4.74 Å². The van der Waals surface area contributed by atoms with Crippen LogP contribution in [0.1, 0.15) is 16.0 Å². The van der Waals surface area contributed by atoms with E-state index in [0.717, 1.165) is 16.9 Å². The van der Waals surface area contributed by atoms with Crippen LogP contribution in [0.5, 0.6) is 5.75 Å². The van der Waals surface area contributed by atoms with Gasteiger partial charge in [-0.3, -0.25) is 0 Å². The molecule has 0 heterocycles. The molecule has 1 atom stereocenters. The van der Waals surface area contributed by atoms with E-state index in [1.165, 1.54) is 6.07 Å². The number of rotatable bonds is 3. The van der Waals surface area contributed by atoms with Crippen molar-refractivity contribution in [2.24, 2.45) is 0 Å². The molecule has 0 spiro atoms. The SMILES string of the molecule is COc1ccccc1C(Br)c1ccc(F)c(Br)c1. The molecule has 18 heavy (non-hydrogen) atoms. The van der Waals surface area contributed by atoms with Crippen LogP contribution in [0.3, 0.4) is 0 Å². The van der Waals surface area contributed by atoms with Crippen molar-refractivity contribution in [1.29, 1.82) is 0 Å².